The number of unbranched alkanes of at least 4 members (excludes halogenated alkanes) is 1. The maximum absolute atomic E-state index is 13.5. The summed E-state index contributed by atoms with van der Waals surface area (Å²) in [5, 5.41) is 13.7. The Morgan fingerprint density at radius 2 is 1.72 bits per heavy atom. The average Bonchev–Trinajstić information content (AvgIpc) is 3.28. The van der Waals surface area contributed by atoms with Gasteiger partial charge in [-0.25, -0.2) is 4.79 Å². The highest BCUT2D eigenvalue weighted by Crippen LogP contribution is 2.53. The zero-order valence-electron chi connectivity index (χ0n) is 18.6. The van der Waals surface area contributed by atoms with Gasteiger partial charge in [-0.3, -0.25) is 19.8 Å². The number of imide groups is 1. The van der Waals surface area contributed by atoms with Crippen LogP contribution in [0, 0.1) is 11.8 Å². The topological polar surface area (TPSA) is 90.0 Å². The molecule has 0 aliphatic carbocycles. The monoisotopic (exact) mass is 435 g/mol. The molecule has 0 radical (unpaired) electrons. The third-order valence-electron chi connectivity index (χ3n) is 6.72. The van der Waals surface area contributed by atoms with Gasteiger partial charge in [0, 0.05) is 32.4 Å². The predicted molar refractivity (Wildman–Crippen MR) is 121 cm³/mol. The molecular weight excluding hydrogens is 406 g/mol. The number of anilines is 1. The SMILES string of the molecule is CCCCN1C(=O)C2C(c3ccc(N(C)C)cc3)NC(C(=O)O)(c3ccccc3)C2C1=O. The van der Waals surface area contributed by atoms with Gasteiger partial charge in [0.15, 0.2) is 5.54 Å². The van der Waals surface area contributed by atoms with Crippen molar-refractivity contribution in [3.05, 3.63) is 65.7 Å². The Morgan fingerprint density at radius 1 is 1.06 bits per heavy atom. The molecule has 0 spiro atoms. The molecule has 2 aromatic rings. The Bertz CT molecular complexity index is 1020. The van der Waals surface area contributed by atoms with E-state index in [1.54, 1.807) is 30.3 Å². The third-order valence-corrected chi connectivity index (χ3v) is 6.72. The smallest absolute Gasteiger partial charge is 0.329 e. The molecule has 0 saturated carbocycles. The number of nitrogens with zero attached hydrogens (tertiary/aromatic N) is 2. The highest BCUT2D eigenvalue weighted by atomic mass is 16.4. The summed E-state index contributed by atoms with van der Waals surface area (Å²) >= 11 is 0. The lowest BCUT2D eigenvalue weighted by molar-refractivity contribution is -0.152. The fourth-order valence-electron chi connectivity index (χ4n) is 5.06. The lowest BCUT2D eigenvalue weighted by atomic mass is 9.75. The first-order valence-corrected chi connectivity index (χ1v) is 11.0. The number of carbonyl (C=O) groups excluding carboxylic acids is 2. The largest absolute Gasteiger partial charge is 0.480 e. The molecule has 7 nitrogen and oxygen atoms in total. The maximum Gasteiger partial charge on any atom is 0.329 e. The lowest BCUT2D eigenvalue weighted by Crippen LogP contribution is -2.53. The second-order valence-electron chi connectivity index (χ2n) is 8.77. The van der Waals surface area contributed by atoms with Crippen molar-refractivity contribution in [3.63, 3.8) is 0 Å². The van der Waals surface area contributed by atoms with Gasteiger partial charge in [-0.05, 0) is 29.7 Å². The van der Waals surface area contributed by atoms with E-state index in [1.807, 2.05) is 50.2 Å². The molecular formula is C25H29N3O4. The summed E-state index contributed by atoms with van der Waals surface area (Å²) in [7, 11) is 3.88. The number of hydrogen-bond acceptors (Lipinski definition) is 5. The van der Waals surface area contributed by atoms with Crippen molar-refractivity contribution in [2.75, 3.05) is 25.5 Å². The number of carboxylic acids is 1. The highest BCUT2D eigenvalue weighted by molar-refractivity contribution is 6.09. The number of rotatable bonds is 7. The Balaban J connectivity index is 1.85. The van der Waals surface area contributed by atoms with E-state index < -0.39 is 35.3 Å². The number of carbonyl (C=O) groups is 3. The van der Waals surface area contributed by atoms with Gasteiger partial charge in [0.1, 0.15) is 0 Å². The van der Waals surface area contributed by atoms with Crippen LogP contribution in [0.1, 0.15) is 36.9 Å². The first kappa shape index (κ1) is 22.0. The number of hydrogen-bond donors (Lipinski definition) is 2. The predicted octanol–water partition coefficient (Wildman–Crippen LogP) is 2.78. The highest BCUT2D eigenvalue weighted by Gasteiger charge is 2.69. The summed E-state index contributed by atoms with van der Waals surface area (Å²) < 4.78 is 0. The molecule has 4 atom stereocenters. The summed E-state index contributed by atoms with van der Waals surface area (Å²) in [5.74, 6) is -3.63. The van der Waals surface area contributed by atoms with Crippen LogP contribution in [0.25, 0.3) is 0 Å². The van der Waals surface area contributed by atoms with E-state index >= 15 is 0 Å². The summed E-state index contributed by atoms with van der Waals surface area (Å²) in [4.78, 5) is 43.0. The fourth-order valence-corrected chi connectivity index (χ4v) is 5.06. The first-order chi connectivity index (χ1) is 15.3. The lowest BCUT2D eigenvalue weighted by Gasteiger charge is -2.31. The van der Waals surface area contributed by atoms with Crippen molar-refractivity contribution >= 4 is 23.5 Å². The van der Waals surface area contributed by atoms with Crippen molar-refractivity contribution < 1.29 is 19.5 Å². The molecule has 2 aliphatic heterocycles. The Morgan fingerprint density at radius 3 is 2.28 bits per heavy atom. The van der Waals surface area contributed by atoms with Crippen LogP contribution in [0.2, 0.25) is 0 Å². The van der Waals surface area contributed by atoms with Gasteiger partial charge in [-0.15, -0.1) is 0 Å². The van der Waals surface area contributed by atoms with E-state index in [9.17, 15) is 19.5 Å². The van der Waals surface area contributed by atoms with Crippen molar-refractivity contribution in [3.8, 4) is 0 Å². The minimum atomic E-state index is -1.68. The van der Waals surface area contributed by atoms with Gasteiger partial charge >= 0.3 is 5.97 Å². The average molecular weight is 436 g/mol. The van der Waals surface area contributed by atoms with Crippen LogP contribution in [0.5, 0.6) is 0 Å². The number of aliphatic carboxylic acids is 1. The molecule has 2 saturated heterocycles. The number of amides is 2. The van der Waals surface area contributed by atoms with E-state index in [0.717, 1.165) is 17.7 Å². The van der Waals surface area contributed by atoms with Crippen molar-refractivity contribution in [1.29, 1.82) is 0 Å². The number of carboxylic acid groups (broad SMARTS) is 1. The van der Waals surface area contributed by atoms with E-state index in [4.69, 9.17) is 0 Å². The van der Waals surface area contributed by atoms with E-state index in [-0.39, 0.29) is 5.91 Å². The summed E-state index contributed by atoms with van der Waals surface area (Å²) in [6.45, 7) is 2.31. The molecule has 168 valence electrons. The summed E-state index contributed by atoms with van der Waals surface area (Å²) in [6.07, 6.45) is 1.53. The molecule has 2 N–H and O–H groups in total. The Hall–Kier alpha value is -3.19. The molecule has 2 amide bonds. The number of likely N-dealkylation sites (tertiary alicyclic amines) is 1. The van der Waals surface area contributed by atoms with E-state index in [1.165, 1.54) is 4.90 Å². The molecule has 2 fully saturated rings. The molecule has 2 heterocycles. The standard InChI is InChI=1S/C25H29N3O4/c1-4-5-15-28-22(29)19-20(23(28)30)25(24(31)32,17-9-7-6-8-10-17)26-21(19)16-11-13-18(14-12-16)27(2)3/h6-14,19-21,26H,4-5,15H2,1-3H3,(H,31,32). The van der Waals surface area contributed by atoms with Gasteiger partial charge in [-0.2, -0.15) is 0 Å². The van der Waals surface area contributed by atoms with Crippen LogP contribution >= 0.6 is 0 Å². The molecule has 32 heavy (non-hydrogen) atoms. The van der Waals surface area contributed by atoms with Crippen LogP contribution in [0.15, 0.2) is 54.6 Å². The quantitative estimate of drug-likeness (QED) is 0.650. The minimum Gasteiger partial charge on any atom is -0.480 e. The number of nitrogens with one attached hydrogen (secondary N) is 1. The van der Waals surface area contributed by atoms with Crippen molar-refractivity contribution in [2.45, 2.75) is 31.3 Å². The van der Waals surface area contributed by atoms with Crippen LogP contribution in [0.4, 0.5) is 5.69 Å². The normalized spacial score (nSPS) is 27.0. The molecule has 2 aliphatic rings. The Kier molecular flexibility index (Phi) is 5.77. The minimum absolute atomic E-state index is 0.290. The van der Waals surface area contributed by atoms with Gasteiger partial charge in [0.25, 0.3) is 0 Å². The van der Waals surface area contributed by atoms with Gasteiger partial charge in [0.2, 0.25) is 11.8 Å². The third kappa shape index (κ3) is 3.28. The molecule has 2 aromatic carbocycles. The van der Waals surface area contributed by atoms with E-state index in [2.05, 4.69) is 5.32 Å². The molecule has 0 aromatic heterocycles. The zero-order valence-corrected chi connectivity index (χ0v) is 18.6. The van der Waals surface area contributed by atoms with Gasteiger partial charge < -0.3 is 10.0 Å². The first-order valence-electron chi connectivity index (χ1n) is 11.0. The molecule has 4 unspecified atom stereocenters. The van der Waals surface area contributed by atoms with Gasteiger partial charge in [-0.1, -0.05) is 55.8 Å². The van der Waals surface area contributed by atoms with Crippen LogP contribution in [-0.2, 0) is 19.9 Å². The van der Waals surface area contributed by atoms with Crippen LogP contribution in [0.3, 0.4) is 0 Å². The molecule has 7 heteroatoms. The van der Waals surface area contributed by atoms with Gasteiger partial charge in [0.05, 0.1) is 11.8 Å². The van der Waals surface area contributed by atoms with Crippen LogP contribution in [-0.4, -0.2) is 48.4 Å². The van der Waals surface area contributed by atoms with Crippen molar-refractivity contribution in [2.24, 2.45) is 11.8 Å². The van der Waals surface area contributed by atoms with E-state index in [0.29, 0.717) is 18.5 Å². The van der Waals surface area contributed by atoms with Crippen LogP contribution < -0.4 is 10.2 Å². The number of fused-ring (bicyclic) bond motifs is 1. The second-order valence-corrected chi connectivity index (χ2v) is 8.77. The Labute approximate surface area is 188 Å². The molecule has 0 bridgehead atoms. The summed E-state index contributed by atoms with van der Waals surface area (Å²) in [6, 6.07) is 15.8. The fraction of sp³-hybridized carbons (Fsp3) is 0.400. The maximum atomic E-state index is 13.5. The second kappa shape index (κ2) is 8.39. The molecule has 4 rings (SSSR count). The number of benzene rings is 2. The van der Waals surface area contributed by atoms with Crippen molar-refractivity contribution in [1.82, 2.24) is 10.2 Å². The summed E-state index contributed by atoms with van der Waals surface area (Å²) in [5.41, 5.74) is 0.593. The zero-order chi connectivity index (χ0) is 23.0.